The van der Waals surface area contributed by atoms with Crippen LogP contribution in [0.3, 0.4) is 0 Å². The van der Waals surface area contributed by atoms with E-state index in [4.69, 9.17) is 6.42 Å². The fourth-order valence-corrected chi connectivity index (χ4v) is 0.445. The molecule has 0 atom stereocenters. The Balaban J connectivity index is 3.45. The Bertz CT molecular complexity index is 190. The number of ketones is 1. The largest absolute Gasteiger partial charge is 0.411 e. The highest BCUT2D eigenvalue weighted by atomic mass is 19.4. The van der Waals surface area contributed by atoms with Crippen molar-refractivity contribution in [2.45, 2.75) is 12.6 Å². The lowest BCUT2D eigenvalue weighted by Crippen LogP contribution is -2.20. The molecule has 0 aliphatic carbocycles. The Hall–Kier alpha value is -1.02. The van der Waals surface area contributed by atoms with Crippen LogP contribution < -0.4 is 0 Å². The quantitative estimate of drug-likeness (QED) is 0.607. The Morgan fingerprint density at radius 3 is 2.50 bits per heavy atom. The van der Waals surface area contributed by atoms with Crippen LogP contribution in [-0.4, -0.2) is 25.2 Å². The molecule has 2 nitrogen and oxygen atoms in total. The van der Waals surface area contributed by atoms with E-state index >= 15 is 0 Å². The average Bonchev–Trinajstić information content (AvgIpc) is 1.84. The molecule has 0 amide bonds. The SMILES string of the molecule is C#CCC(=O)COCC(F)(F)F. The van der Waals surface area contributed by atoms with Gasteiger partial charge in [-0.3, -0.25) is 4.79 Å². The van der Waals surface area contributed by atoms with Gasteiger partial charge in [-0.05, 0) is 0 Å². The lowest BCUT2D eigenvalue weighted by Gasteiger charge is -2.05. The van der Waals surface area contributed by atoms with Gasteiger partial charge in [-0.15, -0.1) is 6.42 Å². The van der Waals surface area contributed by atoms with Crippen LogP contribution in [0.2, 0.25) is 0 Å². The van der Waals surface area contributed by atoms with Crippen LogP contribution in [0.15, 0.2) is 0 Å². The maximum atomic E-state index is 11.4. The first kappa shape index (κ1) is 11.0. The van der Waals surface area contributed by atoms with E-state index in [2.05, 4.69) is 4.74 Å². The molecule has 0 fully saturated rings. The molecular weight excluding hydrogens is 173 g/mol. The van der Waals surface area contributed by atoms with E-state index in [0.717, 1.165) is 0 Å². The van der Waals surface area contributed by atoms with Crippen molar-refractivity contribution in [1.29, 1.82) is 0 Å². The van der Waals surface area contributed by atoms with Crippen molar-refractivity contribution in [2.24, 2.45) is 0 Å². The van der Waals surface area contributed by atoms with Crippen LogP contribution in [0.5, 0.6) is 0 Å². The van der Waals surface area contributed by atoms with Crippen molar-refractivity contribution in [2.75, 3.05) is 13.2 Å². The molecule has 0 aromatic heterocycles. The molecule has 0 N–H and O–H groups in total. The van der Waals surface area contributed by atoms with Crippen LogP contribution in [0.4, 0.5) is 13.2 Å². The van der Waals surface area contributed by atoms with Crippen LogP contribution in [-0.2, 0) is 9.53 Å². The van der Waals surface area contributed by atoms with Gasteiger partial charge in [-0.1, -0.05) is 5.92 Å². The molecule has 0 radical (unpaired) electrons. The summed E-state index contributed by atoms with van der Waals surface area (Å²) in [6.45, 7) is -1.99. The zero-order chi connectivity index (χ0) is 9.61. The molecule has 0 aliphatic rings. The lowest BCUT2D eigenvalue weighted by atomic mass is 10.3. The zero-order valence-corrected chi connectivity index (χ0v) is 6.15. The fraction of sp³-hybridized carbons (Fsp3) is 0.571. The summed E-state index contributed by atoms with van der Waals surface area (Å²) in [4.78, 5) is 10.5. The van der Waals surface area contributed by atoms with Gasteiger partial charge in [0.25, 0.3) is 0 Å². The third-order valence-corrected chi connectivity index (χ3v) is 0.828. The molecule has 0 unspecified atom stereocenters. The molecule has 0 spiro atoms. The number of Topliss-reactive ketones (excluding diaryl/α,β-unsaturated/α-hetero) is 1. The molecule has 68 valence electrons. The van der Waals surface area contributed by atoms with Gasteiger partial charge in [-0.2, -0.15) is 13.2 Å². The molecule has 0 heterocycles. The monoisotopic (exact) mass is 180 g/mol. The standard InChI is InChI=1S/C7H7F3O2/c1-2-3-6(11)4-12-5-7(8,9)10/h1H,3-5H2. The molecule has 12 heavy (non-hydrogen) atoms. The Kier molecular flexibility index (Phi) is 4.37. The summed E-state index contributed by atoms with van der Waals surface area (Å²) in [6.07, 6.45) is 0.149. The number of hydrogen-bond donors (Lipinski definition) is 0. The fourth-order valence-electron chi connectivity index (χ4n) is 0.445. The Labute approximate surface area is 67.7 Å². The van der Waals surface area contributed by atoms with Crippen molar-refractivity contribution < 1.29 is 22.7 Å². The second kappa shape index (κ2) is 4.78. The summed E-state index contributed by atoms with van der Waals surface area (Å²) in [5.41, 5.74) is 0. The summed E-state index contributed by atoms with van der Waals surface area (Å²) in [5.74, 6) is 1.48. The molecule has 5 heteroatoms. The van der Waals surface area contributed by atoms with E-state index in [1.165, 1.54) is 0 Å². The van der Waals surface area contributed by atoms with Crippen molar-refractivity contribution in [3.05, 3.63) is 0 Å². The van der Waals surface area contributed by atoms with Gasteiger partial charge in [0.15, 0.2) is 5.78 Å². The smallest absolute Gasteiger partial charge is 0.364 e. The summed E-state index contributed by atoms with van der Waals surface area (Å²) >= 11 is 0. The highest BCUT2D eigenvalue weighted by Crippen LogP contribution is 2.14. The number of alkyl halides is 3. The lowest BCUT2D eigenvalue weighted by molar-refractivity contribution is -0.175. The number of terminal acetylenes is 1. The first-order valence-electron chi connectivity index (χ1n) is 3.05. The van der Waals surface area contributed by atoms with Crippen LogP contribution >= 0.6 is 0 Å². The predicted octanol–water partition coefficient (Wildman–Crippen LogP) is 1.16. The van der Waals surface area contributed by atoms with Gasteiger partial charge in [0.1, 0.15) is 13.2 Å². The second-order valence-corrected chi connectivity index (χ2v) is 2.03. The van der Waals surface area contributed by atoms with E-state index in [-0.39, 0.29) is 6.42 Å². The highest BCUT2D eigenvalue weighted by molar-refractivity contribution is 5.81. The number of carbonyl (C=O) groups excluding carboxylic acids is 1. The highest BCUT2D eigenvalue weighted by Gasteiger charge is 2.27. The Morgan fingerprint density at radius 2 is 2.08 bits per heavy atom. The first-order valence-corrected chi connectivity index (χ1v) is 3.05. The van der Waals surface area contributed by atoms with Crippen LogP contribution in [0.1, 0.15) is 6.42 Å². The maximum absolute atomic E-state index is 11.4. The minimum Gasteiger partial charge on any atom is -0.364 e. The van der Waals surface area contributed by atoms with E-state index in [1.807, 2.05) is 5.92 Å². The third-order valence-electron chi connectivity index (χ3n) is 0.828. The molecule has 0 bridgehead atoms. The van der Waals surface area contributed by atoms with E-state index in [9.17, 15) is 18.0 Å². The minimum atomic E-state index is -4.39. The van der Waals surface area contributed by atoms with Crippen LogP contribution in [0, 0.1) is 12.3 Å². The number of carbonyl (C=O) groups is 1. The number of ether oxygens (including phenoxy) is 1. The third kappa shape index (κ3) is 7.09. The van der Waals surface area contributed by atoms with E-state index in [0.29, 0.717) is 0 Å². The van der Waals surface area contributed by atoms with Gasteiger partial charge in [0.2, 0.25) is 0 Å². The first-order chi connectivity index (χ1) is 5.45. The van der Waals surface area contributed by atoms with Crippen LogP contribution in [0.25, 0.3) is 0 Å². The summed E-state index contributed by atoms with van der Waals surface area (Å²) < 4.78 is 38.3. The molecule has 0 saturated heterocycles. The Morgan fingerprint density at radius 1 is 1.50 bits per heavy atom. The van der Waals surface area contributed by atoms with Gasteiger partial charge >= 0.3 is 6.18 Å². The second-order valence-electron chi connectivity index (χ2n) is 2.03. The summed E-state index contributed by atoms with van der Waals surface area (Å²) in [7, 11) is 0. The van der Waals surface area contributed by atoms with Crippen molar-refractivity contribution in [1.82, 2.24) is 0 Å². The summed E-state index contributed by atoms with van der Waals surface area (Å²) in [5, 5.41) is 0. The average molecular weight is 180 g/mol. The number of halogens is 3. The molecule has 0 rings (SSSR count). The van der Waals surface area contributed by atoms with Crippen molar-refractivity contribution in [3.63, 3.8) is 0 Å². The van der Waals surface area contributed by atoms with Gasteiger partial charge in [-0.25, -0.2) is 0 Å². The molecule has 0 aromatic rings. The molecule has 0 saturated carbocycles. The van der Waals surface area contributed by atoms with E-state index < -0.39 is 25.2 Å². The van der Waals surface area contributed by atoms with Gasteiger partial charge in [0.05, 0.1) is 6.42 Å². The molecule has 0 aromatic carbocycles. The van der Waals surface area contributed by atoms with E-state index in [1.54, 1.807) is 0 Å². The summed E-state index contributed by atoms with van der Waals surface area (Å²) in [6, 6.07) is 0. The minimum absolute atomic E-state index is 0.197. The topological polar surface area (TPSA) is 26.3 Å². The van der Waals surface area contributed by atoms with Gasteiger partial charge < -0.3 is 4.74 Å². The number of rotatable bonds is 4. The normalized spacial score (nSPS) is 10.8. The maximum Gasteiger partial charge on any atom is 0.411 e. The predicted molar refractivity (Wildman–Crippen MR) is 35.3 cm³/mol. The van der Waals surface area contributed by atoms with Gasteiger partial charge in [0, 0.05) is 0 Å². The number of hydrogen-bond acceptors (Lipinski definition) is 2. The van der Waals surface area contributed by atoms with Crippen molar-refractivity contribution >= 4 is 5.78 Å². The zero-order valence-electron chi connectivity index (χ0n) is 6.15. The molecular formula is C7H7F3O2. The van der Waals surface area contributed by atoms with Crippen molar-refractivity contribution in [3.8, 4) is 12.3 Å². The molecule has 0 aliphatic heterocycles.